The Bertz CT molecular complexity index is 433. The number of methoxy groups -OCH3 is 1. The molecule has 0 spiro atoms. The first-order valence-electron chi connectivity index (χ1n) is 7.54. The second-order valence-electron chi connectivity index (χ2n) is 5.94. The molecule has 2 fully saturated rings. The molecule has 0 radical (unpaired) electrons. The van der Waals surface area contributed by atoms with Crippen LogP contribution >= 0.6 is 0 Å². The first-order chi connectivity index (χ1) is 9.76. The molecule has 1 atom stereocenters. The topological polar surface area (TPSA) is 54.6 Å². The van der Waals surface area contributed by atoms with Crippen molar-refractivity contribution in [3.63, 3.8) is 0 Å². The average Bonchev–Trinajstić information content (AvgIpc) is 3.19. The van der Waals surface area contributed by atoms with E-state index in [1.54, 1.807) is 7.11 Å². The van der Waals surface area contributed by atoms with Crippen molar-refractivity contribution in [2.75, 3.05) is 39.9 Å². The third kappa shape index (κ3) is 3.37. The smallest absolute Gasteiger partial charge is 0.229 e. The standard InChI is InChI=1S/C14H24N4O2/c1-11-9-17(5-6-18(11)7-8-19-2)10-13-15-14(20-16-13)12-3-4-12/h11-12H,3-10H2,1-2H3. The second-order valence-corrected chi connectivity index (χ2v) is 5.94. The molecular formula is C14H24N4O2. The highest BCUT2D eigenvalue weighted by molar-refractivity contribution is 5.01. The Morgan fingerprint density at radius 1 is 1.35 bits per heavy atom. The molecule has 1 saturated carbocycles. The van der Waals surface area contributed by atoms with Crippen molar-refractivity contribution in [3.8, 4) is 0 Å². The first-order valence-corrected chi connectivity index (χ1v) is 7.54. The minimum atomic E-state index is 0.543. The lowest BCUT2D eigenvalue weighted by molar-refractivity contribution is 0.0543. The van der Waals surface area contributed by atoms with Crippen molar-refractivity contribution >= 4 is 0 Å². The van der Waals surface area contributed by atoms with Crippen LogP contribution in [0.3, 0.4) is 0 Å². The molecule has 1 aliphatic carbocycles. The minimum Gasteiger partial charge on any atom is -0.383 e. The van der Waals surface area contributed by atoms with Gasteiger partial charge in [0.05, 0.1) is 13.2 Å². The Kier molecular flexibility index (Phi) is 4.33. The van der Waals surface area contributed by atoms with E-state index in [1.165, 1.54) is 12.8 Å². The molecule has 1 unspecified atom stereocenters. The zero-order chi connectivity index (χ0) is 13.9. The van der Waals surface area contributed by atoms with Crippen LogP contribution in [0.4, 0.5) is 0 Å². The number of piperazine rings is 1. The van der Waals surface area contributed by atoms with Crippen LogP contribution in [0, 0.1) is 0 Å². The minimum absolute atomic E-state index is 0.543. The molecule has 6 nitrogen and oxygen atoms in total. The fourth-order valence-corrected chi connectivity index (χ4v) is 2.78. The molecule has 1 aromatic rings. The van der Waals surface area contributed by atoms with E-state index in [0.717, 1.165) is 51.0 Å². The first kappa shape index (κ1) is 14.0. The van der Waals surface area contributed by atoms with Crippen LogP contribution in [0.5, 0.6) is 0 Å². The third-order valence-corrected chi connectivity index (χ3v) is 4.21. The van der Waals surface area contributed by atoms with Gasteiger partial charge in [-0.2, -0.15) is 4.98 Å². The van der Waals surface area contributed by atoms with Crippen molar-refractivity contribution in [1.29, 1.82) is 0 Å². The van der Waals surface area contributed by atoms with Gasteiger partial charge in [0.1, 0.15) is 0 Å². The maximum absolute atomic E-state index is 5.32. The lowest BCUT2D eigenvalue weighted by atomic mass is 10.2. The number of hydrogen-bond acceptors (Lipinski definition) is 6. The SMILES string of the molecule is COCCN1CCN(Cc2noc(C3CC3)n2)CC1C. The number of ether oxygens (including phenoxy) is 1. The molecule has 1 aliphatic heterocycles. The van der Waals surface area contributed by atoms with Crippen LogP contribution in [0.25, 0.3) is 0 Å². The molecule has 20 heavy (non-hydrogen) atoms. The van der Waals surface area contributed by atoms with Gasteiger partial charge in [0.25, 0.3) is 0 Å². The summed E-state index contributed by atoms with van der Waals surface area (Å²) < 4.78 is 10.5. The summed E-state index contributed by atoms with van der Waals surface area (Å²) in [6.45, 7) is 8.09. The van der Waals surface area contributed by atoms with Gasteiger partial charge in [-0.3, -0.25) is 9.80 Å². The van der Waals surface area contributed by atoms with Crippen LogP contribution in [-0.2, 0) is 11.3 Å². The van der Waals surface area contributed by atoms with Crippen molar-refractivity contribution in [3.05, 3.63) is 11.7 Å². The number of aromatic nitrogens is 2. The Hall–Kier alpha value is -0.980. The van der Waals surface area contributed by atoms with E-state index in [9.17, 15) is 0 Å². The van der Waals surface area contributed by atoms with Gasteiger partial charge in [0.2, 0.25) is 5.89 Å². The normalized spacial score (nSPS) is 25.2. The molecule has 0 bridgehead atoms. The van der Waals surface area contributed by atoms with E-state index in [-0.39, 0.29) is 0 Å². The van der Waals surface area contributed by atoms with Crippen LogP contribution < -0.4 is 0 Å². The van der Waals surface area contributed by atoms with Gasteiger partial charge in [-0.15, -0.1) is 0 Å². The summed E-state index contributed by atoms with van der Waals surface area (Å²) >= 11 is 0. The molecule has 112 valence electrons. The summed E-state index contributed by atoms with van der Waals surface area (Å²) in [5.74, 6) is 2.22. The molecular weight excluding hydrogens is 256 g/mol. The van der Waals surface area contributed by atoms with E-state index in [1.807, 2.05) is 0 Å². The van der Waals surface area contributed by atoms with Crippen molar-refractivity contribution in [2.45, 2.75) is 38.3 Å². The van der Waals surface area contributed by atoms with E-state index in [0.29, 0.717) is 12.0 Å². The van der Waals surface area contributed by atoms with Gasteiger partial charge in [-0.1, -0.05) is 5.16 Å². The van der Waals surface area contributed by atoms with Crippen LogP contribution in [-0.4, -0.2) is 65.9 Å². The van der Waals surface area contributed by atoms with Gasteiger partial charge in [-0.25, -0.2) is 0 Å². The van der Waals surface area contributed by atoms with Gasteiger partial charge in [-0.05, 0) is 19.8 Å². The van der Waals surface area contributed by atoms with E-state index < -0.39 is 0 Å². The maximum Gasteiger partial charge on any atom is 0.229 e. The Morgan fingerprint density at radius 2 is 2.20 bits per heavy atom. The third-order valence-electron chi connectivity index (χ3n) is 4.21. The lowest BCUT2D eigenvalue weighted by Crippen LogP contribution is -2.52. The van der Waals surface area contributed by atoms with Crippen molar-refractivity contribution in [1.82, 2.24) is 19.9 Å². The number of nitrogens with zero attached hydrogens (tertiary/aromatic N) is 4. The molecule has 6 heteroatoms. The van der Waals surface area contributed by atoms with Crippen LogP contribution in [0.2, 0.25) is 0 Å². The summed E-state index contributed by atoms with van der Waals surface area (Å²) in [6, 6.07) is 0.550. The number of rotatable bonds is 6. The lowest BCUT2D eigenvalue weighted by Gasteiger charge is -2.39. The summed E-state index contributed by atoms with van der Waals surface area (Å²) in [4.78, 5) is 9.40. The van der Waals surface area contributed by atoms with Gasteiger partial charge < -0.3 is 9.26 Å². The fraction of sp³-hybridized carbons (Fsp3) is 0.857. The predicted octanol–water partition coefficient (Wildman–Crippen LogP) is 1.10. The molecule has 1 aromatic heterocycles. The van der Waals surface area contributed by atoms with Crippen molar-refractivity contribution < 1.29 is 9.26 Å². The summed E-state index contributed by atoms with van der Waals surface area (Å²) in [5.41, 5.74) is 0. The number of hydrogen-bond donors (Lipinski definition) is 0. The Morgan fingerprint density at radius 3 is 2.90 bits per heavy atom. The van der Waals surface area contributed by atoms with Crippen LogP contribution in [0.1, 0.15) is 37.4 Å². The summed E-state index contributed by atoms with van der Waals surface area (Å²) in [5, 5.41) is 4.10. The molecule has 3 rings (SSSR count). The largest absolute Gasteiger partial charge is 0.383 e. The fourth-order valence-electron chi connectivity index (χ4n) is 2.78. The summed E-state index contributed by atoms with van der Waals surface area (Å²) in [6.07, 6.45) is 2.41. The zero-order valence-corrected chi connectivity index (χ0v) is 12.4. The van der Waals surface area contributed by atoms with Crippen molar-refractivity contribution in [2.24, 2.45) is 0 Å². The van der Waals surface area contributed by atoms with Gasteiger partial charge in [0.15, 0.2) is 5.82 Å². The van der Waals surface area contributed by atoms with Crippen LogP contribution in [0.15, 0.2) is 4.52 Å². The van der Waals surface area contributed by atoms with Gasteiger partial charge >= 0.3 is 0 Å². The highest BCUT2D eigenvalue weighted by Crippen LogP contribution is 2.38. The predicted molar refractivity (Wildman–Crippen MR) is 74.5 cm³/mol. The molecule has 1 saturated heterocycles. The maximum atomic E-state index is 5.32. The van der Waals surface area contributed by atoms with Gasteiger partial charge in [0, 0.05) is 45.2 Å². The molecule has 0 aromatic carbocycles. The molecule has 2 aliphatic rings. The zero-order valence-electron chi connectivity index (χ0n) is 12.4. The highest BCUT2D eigenvalue weighted by atomic mass is 16.5. The van der Waals surface area contributed by atoms with E-state index in [2.05, 4.69) is 26.9 Å². The molecule has 0 N–H and O–H groups in total. The quantitative estimate of drug-likeness (QED) is 0.778. The molecule has 0 amide bonds. The Labute approximate surface area is 120 Å². The van der Waals surface area contributed by atoms with E-state index in [4.69, 9.17) is 9.26 Å². The highest BCUT2D eigenvalue weighted by Gasteiger charge is 2.30. The second kappa shape index (κ2) is 6.20. The molecule has 2 heterocycles. The van der Waals surface area contributed by atoms with E-state index >= 15 is 0 Å². The summed E-state index contributed by atoms with van der Waals surface area (Å²) in [7, 11) is 1.76. The average molecular weight is 280 g/mol. The monoisotopic (exact) mass is 280 g/mol. The Balaban J connectivity index is 1.48.